The number of likely N-dealkylation sites (N-methyl/N-ethyl adjacent to an activating group) is 1. The van der Waals surface area contributed by atoms with Crippen molar-refractivity contribution in [3.63, 3.8) is 0 Å². The number of ether oxygens (including phenoxy) is 2. The Morgan fingerprint density at radius 1 is 0.842 bits per heavy atom. The molecule has 202 valence electrons. The summed E-state index contributed by atoms with van der Waals surface area (Å²) >= 11 is 6.09. The molecule has 0 radical (unpaired) electrons. The lowest BCUT2D eigenvalue weighted by Gasteiger charge is -2.31. The van der Waals surface area contributed by atoms with Crippen LogP contribution in [0.5, 0.6) is 11.5 Å². The summed E-state index contributed by atoms with van der Waals surface area (Å²) in [5, 5.41) is 3.55. The van der Waals surface area contributed by atoms with Crippen LogP contribution in [0.25, 0.3) is 0 Å². The highest BCUT2D eigenvalue weighted by atomic mass is 35.5. The average molecular weight is 537 g/mol. The summed E-state index contributed by atoms with van der Waals surface area (Å²) in [4.78, 5) is 28.7. The van der Waals surface area contributed by atoms with Crippen LogP contribution in [0.15, 0.2) is 72.8 Å². The van der Waals surface area contributed by atoms with E-state index in [1.165, 1.54) is 0 Å². The standard InChI is InChI=1S/C31H37ClN2O4/c1-4-33-31(36)27(20-23-10-8-7-9-11-23)34(22-25-12-16-26(32)17-13-25)30(35)19-15-24-14-18-28(37-5-2)29(21-24)38-6-3/h7-14,16-18,21,27H,4-6,15,19-20,22H2,1-3H3,(H,33,36). The van der Waals surface area contributed by atoms with E-state index in [2.05, 4.69) is 5.32 Å². The van der Waals surface area contributed by atoms with Gasteiger partial charge in [-0.3, -0.25) is 9.59 Å². The molecule has 0 fully saturated rings. The second-order valence-corrected chi connectivity index (χ2v) is 9.33. The van der Waals surface area contributed by atoms with Crippen molar-refractivity contribution in [2.45, 2.75) is 52.6 Å². The molecule has 0 spiro atoms. The average Bonchev–Trinajstić information content (AvgIpc) is 2.92. The van der Waals surface area contributed by atoms with Gasteiger partial charge < -0.3 is 19.7 Å². The van der Waals surface area contributed by atoms with Crippen LogP contribution in [-0.4, -0.2) is 42.5 Å². The maximum atomic E-state index is 13.8. The van der Waals surface area contributed by atoms with Crippen LogP contribution < -0.4 is 14.8 Å². The Hall–Kier alpha value is -3.51. The van der Waals surface area contributed by atoms with E-state index in [1.807, 2.05) is 81.4 Å². The SMILES string of the molecule is CCNC(=O)C(Cc1ccccc1)N(Cc1ccc(Cl)cc1)C(=O)CCc1ccc(OCC)c(OCC)c1. The lowest BCUT2D eigenvalue weighted by molar-refractivity contribution is -0.141. The molecule has 0 aliphatic rings. The van der Waals surface area contributed by atoms with Crippen LogP contribution in [0.3, 0.4) is 0 Å². The third-order valence-corrected chi connectivity index (χ3v) is 6.38. The summed E-state index contributed by atoms with van der Waals surface area (Å²) in [5.74, 6) is 1.09. The molecule has 1 atom stereocenters. The van der Waals surface area contributed by atoms with E-state index in [0.29, 0.717) is 55.7 Å². The fourth-order valence-electron chi connectivity index (χ4n) is 4.28. The summed E-state index contributed by atoms with van der Waals surface area (Å²) in [6.45, 7) is 7.58. The zero-order valence-electron chi connectivity index (χ0n) is 22.4. The highest BCUT2D eigenvalue weighted by molar-refractivity contribution is 6.30. The zero-order chi connectivity index (χ0) is 27.3. The van der Waals surface area contributed by atoms with Gasteiger partial charge in [-0.05, 0) is 68.1 Å². The van der Waals surface area contributed by atoms with E-state index >= 15 is 0 Å². The molecule has 38 heavy (non-hydrogen) atoms. The molecule has 0 saturated carbocycles. The number of amides is 2. The second kappa shape index (κ2) is 15.0. The number of nitrogens with one attached hydrogen (secondary N) is 1. The van der Waals surface area contributed by atoms with Crippen molar-refractivity contribution < 1.29 is 19.1 Å². The quantitative estimate of drug-likeness (QED) is 0.281. The fraction of sp³-hybridized carbons (Fsp3) is 0.355. The van der Waals surface area contributed by atoms with Gasteiger partial charge >= 0.3 is 0 Å². The highest BCUT2D eigenvalue weighted by Gasteiger charge is 2.30. The van der Waals surface area contributed by atoms with Gasteiger partial charge in [0.15, 0.2) is 11.5 Å². The van der Waals surface area contributed by atoms with Crippen LogP contribution in [0.2, 0.25) is 5.02 Å². The molecular formula is C31H37ClN2O4. The van der Waals surface area contributed by atoms with Crippen molar-refractivity contribution in [3.05, 3.63) is 94.5 Å². The molecule has 3 aromatic rings. The molecule has 0 heterocycles. The van der Waals surface area contributed by atoms with Crippen molar-refractivity contribution in [3.8, 4) is 11.5 Å². The Morgan fingerprint density at radius 3 is 2.16 bits per heavy atom. The van der Waals surface area contributed by atoms with Gasteiger partial charge in [0.05, 0.1) is 13.2 Å². The summed E-state index contributed by atoms with van der Waals surface area (Å²) in [6, 6.07) is 22.3. The van der Waals surface area contributed by atoms with E-state index in [0.717, 1.165) is 16.7 Å². The van der Waals surface area contributed by atoms with Crippen LogP contribution >= 0.6 is 11.6 Å². The molecule has 6 nitrogen and oxygen atoms in total. The number of aryl methyl sites for hydroxylation is 1. The van der Waals surface area contributed by atoms with E-state index in [1.54, 1.807) is 17.0 Å². The lowest BCUT2D eigenvalue weighted by atomic mass is 10.0. The van der Waals surface area contributed by atoms with E-state index in [9.17, 15) is 9.59 Å². The van der Waals surface area contributed by atoms with Crippen LogP contribution in [-0.2, 0) is 29.0 Å². The maximum Gasteiger partial charge on any atom is 0.243 e. The molecule has 7 heteroatoms. The minimum Gasteiger partial charge on any atom is -0.490 e. The number of carbonyl (C=O) groups excluding carboxylic acids is 2. The normalized spacial score (nSPS) is 11.5. The first-order chi connectivity index (χ1) is 18.4. The molecule has 2 amide bonds. The predicted octanol–water partition coefficient (Wildman–Crippen LogP) is 5.85. The highest BCUT2D eigenvalue weighted by Crippen LogP contribution is 2.29. The van der Waals surface area contributed by atoms with Crippen LogP contribution in [0, 0.1) is 0 Å². The number of hydrogen-bond donors (Lipinski definition) is 1. The molecule has 3 aromatic carbocycles. The molecule has 0 aliphatic carbocycles. The molecule has 1 unspecified atom stereocenters. The van der Waals surface area contributed by atoms with Crippen LogP contribution in [0.1, 0.15) is 43.9 Å². The molecule has 0 aromatic heterocycles. The smallest absolute Gasteiger partial charge is 0.243 e. The van der Waals surface area contributed by atoms with Crippen LogP contribution in [0.4, 0.5) is 0 Å². The van der Waals surface area contributed by atoms with E-state index < -0.39 is 6.04 Å². The number of rotatable bonds is 14. The van der Waals surface area contributed by atoms with Crippen molar-refractivity contribution in [2.24, 2.45) is 0 Å². The van der Waals surface area contributed by atoms with E-state index in [4.69, 9.17) is 21.1 Å². The lowest BCUT2D eigenvalue weighted by Crippen LogP contribution is -2.50. The Kier molecular flexibility index (Phi) is 11.5. The first-order valence-corrected chi connectivity index (χ1v) is 13.6. The van der Waals surface area contributed by atoms with Gasteiger partial charge in [0.2, 0.25) is 11.8 Å². The zero-order valence-corrected chi connectivity index (χ0v) is 23.2. The van der Waals surface area contributed by atoms with Gasteiger partial charge in [0.1, 0.15) is 6.04 Å². The minimum absolute atomic E-state index is 0.0982. The molecule has 3 rings (SSSR count). The van der Waals surface area contributed by atoms with Gasteiger partial charge in [-0.15, -0.1) is 0 Å². The monoisotopic (exact) mass is 536 g/mol. The van der Waals surface area contributed by atoms with E-state index in [-0.39, 0.29) is 18.2 Å². The van der Waals surface area contributed by atoms with Gasteiger partial charge in [-0.1, -0.05) is 60.1 Å². The van der Waals surface area contributed by atoms with Crippen molar-refractivity contribution >= 4 is 23.4 Å². The molecular weight excluding hydrogens is 500 g/mol. The number of nitrogens with zero attached hydrogens (tertiary/aromatic N) is 1. The molecule has 1 N–H and O–H groups in total. The number of benzene rings is 3. The Morgan fingerprint density at radius 2 is 1.50 bits per heavy atom. The van der Waals surface area contributed by atoms with Gasteiger partial charge in [-0.2, -0.15) is 0 Å². The third kappa shape index (κ3) is 8.52. The largest absolute Gasteiger partial charge is 0.490 e. The summed E-state index contributed by atoms with van der Waals surface area (Å²) in [7, 11) is 0. The van der Waals surface area contributed by atoms with Crippen molar-refractivity contribution in [2.75, 3.05) is 19.8 Å². The topological polar surface area (TPSA) is 67.9 Å². The van der Waals surface area contributed by atoms with Crippen molar-refractivity contribution in [1.29, 1.82) is 0 Å². The molecule has 0 aliphatic heterocycles. The van der Waals surface area contributed by atoms with Crippen molar-refractivity contribution in [1.82, 2.24) is 10.2 Å². The summed E-state index contributed by atoms with van der Waals surface area (Å²) in [5.41, 5.74) is 2.87. The molecule has 0 saturated heterocycles. The van der Waals surface area contributed by atoms with Gasteiger partial charge in [-0.25, -0.2) is 0 Å². The second-order valence-electron chi connectivity index (χ2n) is 8.90. The van der Waals surface area contributed by atoms with Gasteiger partial charge in [0, 0.05) is 31.0 Å². The third-order valence-electron chi connectivity index (χ3n) is 6.12. The number of hydrogen-bond acceptors (Lipinski definition) is 4. The first-order valence-electron chi connectivity index (χ1n) is 13.2. The summed E-state index contributed by atoms with van der Waals surface area (Å²) < 4.78 is 11.4. The summed E-state index contributed by atoms with van der Waals surface area (Å²) in [6.07, 6.45) is 1.18. The Labute approximate surface area is 230 Å². The first kappa shape index (κ1) is 29.1. The predicted molar refractivity (Wildman–Crippen MR) is 152 cm³/mol. The van der Waals surface area contributed by atoms with Gasteiger partial charge in [0.25, 0.3) is 0 Å². The minimum atomic E-state index is -0.653. The Bertz CT molecular complexity index is 1170. The number of carbonyl (C=O) groups is 2. The maximum absolute atomic E-state index is 13.8. The number of halogens is 1. The Balaban J connectivity index is 1.87. The fourth-order valence-corrected chi connectivity index (χ4v) is 4.40. The molecule has 0 bridgehead atoms.